The van der Waals surface area contributed by atoms with Crippen LogP contribution in [0.5, 0.6) is 0 Å². The number of fused-ring (bicyclic) bond motifs is 1. The normalized spacial score (nSPS) is 26.4. The van der Waals surface area contributed by atoms with Crippen LogP contribution in [0.3, 0.4) is 0 Å². The summed E-state index contributed by atoms with van der Waals surface area (Å²) in [6.45, 7) is 5.99. The molecule has 0 bridgehead atoms. The first-order chi connectivity index (χ1) is 8.68. The number of hydrogen-bond donors (Lipinski definition) is 0. The van der Waals surface area contributed by atoms with Gasteiger partial charge in [0, 0.05) is 5.57 Å². The molecule has 2 unspecified atom stereocenters. The van der Waals surface area contributed by atoms with Gasteiger partial charge < -0.3 is 9.47 Å². The van der Waals surface area contributed by atoms with Crippen LogP contribution in [0, 0.1) is 5.92 Å². The lowest BCUT2D eigenvalue weighted by Crippen LogP contribution is -2.18. The van der Waals surface area contributed by atoms with Crippen LogP contribution in [-0.2, 0) is 14.3 Å². The van der Waals surface area contributed by atoms with Crippen LogP contribution < -0.4 is 0 Å². The lowest BCUT2D eigenvalue weighted by Gasteiger charge is -2.21. The van der Waals surface area contributed by atoms with Crippen molar-refractivity contribution in [2.75, 3.05) is 13.2 Å². The summed E-state index contributed by atoms with van der Waals surface area (Å²) >= 11 is 0. The fourth-order valence-electron chi connectivity index (χ4n) is 2.82. The number of rotatable bonds is 5. The van der Waals surface area contributed by atoms with Crippen molar-refractivity contribution in [3.8, 4) is 0 Å². The molecule has 0 radical (unpaired) electrons. The molecule has 0 aliphatic heterocycles. The van der Waals surface area contributed by atoms with E-state index in [1.807, 2.05) is 0 Å². The van der Waals surface area contributed by atoms with E-state index in [1.165, 1.54) is 31.3 Å². The lowest BCUT2D eigenvalue weighted by atomic mass is 9.90. The van der Waals surface area contributed by atoms with Crippen LogP contribution in [0.4, 0.5) is 0 Å². The van der Waals surface area contributed by atoms with Gasteiger partial charge in [-0.1, -0.05) is 12.7 Å². The van der Waals surface area contributed by atoms with Crippen LogP contribution >= 0.6 is 0 Å². The molecule has 0 aromatic rings. The largest absolute Gasteiger partial charge is 0.460 e. The molecule has 0 amide bonds. The predicted octanol–water partition coefficient (Wildman–Crippen LogP) is 3.01. The van der Waals surface area contributed by atoms with E-state index >= 15 is 0 Å². The van der Waals surface area contributed by atoms with E-state index in [-0.39, 0.29) is 12.1 Å². The fourth-order valence-corrected chi connectivity index (χ4v) is 2.82. The highest BCUT2D eigenvalue weighted by Gasteiger charge is 2.31. The van der Waals surface area contributed by atoms with Gasteiger partial charge in [0.25, 0.3) is 0 Å². The van der Waals surface area contributed by atoms with Crippen LogP contribution in [0.25, 0.3) is 0 Å². The third kappa shape index (κ3) is 3.22. The molecular formula is C15H22O3. The molecule has 2 aliphatic rings. The molecule has 2 rings (SSSR count). The maximum Gasteiger partial charge on any atom is 0.333 e. The molecule has 0 aromatic carbocycles. The Kier molecular flexibility index (Phi) is 4.59. The molecule has 1 fully saturated rings. The summed E-state index contributed by atoms with van der Waals surface area (Å²) in [7, 11) is 0. The van der Waals surface area contributed by atoms with E-state index < -0.39 is 0 Å². The van der Waals surface area contributed by atoms with Crippen molar-refractivity contribution in [2.45, 2.75) is 45.1 Å². The summed E-state index contributed by atoms with van der Waals surface area (Å²) in [4.78, 5) is 11.2. The minimum absolute atomic E-state index is 0.263. The number of carbonyl (C=O) groups is 1. The smallest absolute Gasteiger partial charge is 0.333 e. The SMILES string of the molecule is C=C(C)C(=O)OCCOC1CCC2CCCC=C21. The number of allylic oxidation sites excluding steroid dienone is 1. The first-order valence-corrected chi connectivity index (χ1v) is 6.82. The van der Waals surface area contributed by atoms with Crippen molar-refractivity contribution >= 4 is 5.97 Å². The molecule has 3 nitrogen and oxygen atoms in total. The van der Waals surface area contributed by atoms with Gasteiger partial charge in [0.05, 0.1) is 12.7 Å². The number of esters is 1. The first-order valence-electron chi connectivity index (χ1n) is 6.82. The van der Waals surface area contributed by atoms with Crippen LogP contribution in [0.2, 0.25) is 0 Å². The zero-order valence-electron chi connectivity index (χ0n) is 11.1. The quantitative estimate of drug-likeness (QED) is 0.326. The zero-order chi connectivity index (χ0) is 13.0. The molecule has 0 heterocycles. The molecule has 2 atom stereocenters. The Morgan fingerprint density at radius 1 is 1.39 bits per heavy atom. The minimum Gasteiger partial charge on any atom is -0.460 e. The average molecular weight is 250 g/mol. The van der Waals surface area contributed by atoms with Gasteiger partial charge in [0.1, 0.15) is 6.61 Å². The zero-order valence-corrected chi connectivity index (χ0v) is 11.1. The molecule has 0 aromatic heterocycles. The Balaban J connectivity index is 1.70. The highest BCUT2D eigenvalue weighted by Crippen LogP contribution is 2.39. The standard InChI is InChI=1S/C15H22O3/c1-11(2)15(16)18-10-9-17-14-8-7-12-5-3-4-6-13(12)14/h6,12,14H,1,3-5,7-10H2,2H3. The Morgan fingerprint density at radius 2 is 2.22 bits per heavy atom. The maximum atomic E-state index is 11.2. The summed E-state index contributed by atoms with van der Waals surface area (Å²) < 4.78 is 10.8. The number of carbonyl (C=O) groups excluding carboxylic acids is 1. The lowest BCUT2D eigenvalue weighted by molar-refractivity contribution is -0.140. The molecule has 100 valence electrons. The second-order valence-electron chi connectivity index (χ2n) is 5.18. The van der Waals surface area contributed by atoms with Crippen molar-refractivity contribution in [1.29, 1.82) is 0 Å². The van der Waals surface area contributed by atoms with Gasteiger partial charge in [-0.3, -0.25) is 0 Å². The minimum atomic E-state index is -0.334. The molecule has 0 spiro atoms. The van der Waals surface area contributed by atoms with Crippen molar-refractivity contribution in [2.24, 2.45) is 5.92 Å². The number of hydrogen-bond acceptors (Lipinski definition) is 3. The summed E-state index contributed by atoms with van der Waals surface area (Å²) in [5.74, 6) is 0.418. The summed E-state index contributed by atoms with van der Waals surface area (Å²) in [6.07, 6.45) is 8.81. The second-order valence-corrected chi connectivity index (χ2v) is 5.18. The van der Waals surface area contributed by atoms with Gasteiger partial charge in [0.2, 0.25) is 0 Å². The molecule has 0 saturated heterocycles. The number of ether oxygens (including phenoxy) is 2. The highest BCUT2D eigenvalue weighted by molar-refractivity contribution is 5.86. The Hall–Kier alpha value is -1.09. The molecule has 3 heteroatoms. The van der Waals surface area contributed by atoms with Gasteiger partial charge >= 0.3 is 5.97 Å². The van der Waals surface area contributed by atoms with Gasteiger partial charge in [-0.05, 0) is 50.5 Å². The third-order valence-corrected chi connectivity index (χ3v) is 3.74. The Morgan fingerprint density at radius 3 is 3.00 bits per heavy atom. The summed E-state index contributed by atoms with van der Waals surface area (Å²) in [5.41, 5.74) is 1.93. The molecule has 0 N–H and O–H groups in total. The van der Waals surface area contributed by atoms with E-state index in [0.29, 0.717) is 18.8 Å². The molecule has 18 heavy (non-hydrogen) atoms. The summed E-state index contributed by atoms with van der Waals surface area (Å²) in [6, 6.07) is 0. The molecule has 2 aliphatic carbocycles. The van der Waals surface area contributed by atoms with Crippen LogP contribution in [0.1, 0.15) is 39.0 Å². The van der Waals surface area contributed by atoms with Crippen molar-refractivity contribution in [3.05, 3.63) is 23.8 Å². The highest BCUT2D eigenvalue weighted by atomic mass is 16.6. The Labute approximate surface area is 109 Å². The summed E-state index contributed by atoms with van der Waals surface area (Å²) in [5, 5.41) is 0. The second kappa shape index (κ2) is 6.19. The van der Waals surface area contributed by atoms with Crippen molar-refractivity contribution in [1.82, 2.24) is 0 Å². The van der Waals surface area contributed by atoms with Crippen LogP contribution in [-0.4, -0.2) is 25.3 Å². The van der Waals surface area contributed by atoms with Crippen molar-refractivity contribution < 1.29 is 14.3 Å². The van der Waals surface area contributed by atoms with E-state index in [1.54, 1.807) is 6.92 Å². The van der Waals surface area contributed by atoms with E-state index in [0.717, 1.165) is 12.3 Å². The first kappa shape index (κ1) is 13.3. The van der Waals surface area contributed by atoms with Crippen molar-refractivity contribution in [3.63, 3.8) is 0 Å². The Bertz CT molecular complexity index is 357. The van der Waals surface area contributed by atoms with Gasteiger partial charge in [-0.2, -0.15) is 0 Å². The topological polar surface area (TPSA) is 35.5 Å². The third-order valence-electron chi connectivity index (χ3n) is 3.74. The predicted molar refractivity (Wildman–Crippen MR) is 70.2 cm³/mol. The van der Waals surface area contributed by atoms with Gasteiger partial charge in [-0.25, -0.2) is 4.79 Å². The van der Waals surface area contributed by atoms with E-state index in [9.17, 15) is 4.79 Å². The maximum absolute atomic E-state index is 11.2. The fraction of sp³-hybridized carbons (Fsp3) is 0.667. The van der Waals surface area contributed by atoms with E-state index in [4.69, 9.17) is 9.47 Å². The average Bonchev–Trinajstić information content (AvgIpc) is 2.77. The molecular weight excluding hydrogens is 228 g/mol. The van der Waals surface area contributed by atoms with Gasteiger partial charge in [0.15, 0.2) is 0 Å². The van der Waals surface area contributed by atoms with Gasteiger partial charge in [-0.15, -0.1) is 0 Å². The van der Waals surface area contributed by atoms with E-state index in [2.05, 4.69) is 12.7 Å². The molecule has 1 saturated carbocycles. The monoisotopic (exact) mass is 250 g/mol. The van der Waals surface area contributed by atoms with Crippen LogP contribution in [0.15, 0.2) is 23.8 Å².